The predicted octanol–water partition coefficient (Wildman–Crippen LogP) is 5.45. The summed E-state index contributed by atoms with van der Waals surface area (Å²) >= 11 is 13.6. The van der Waals surface area contributed by atoms with Crippen LogP contribution in [0.3, 0.4) is 0 Å². The van der Waals surface area contributed by atoms with Gasteiger partial charge in [-0.1, -0.05) is 29.3 Å². The molecule has 35 heavy (non-hydrogen) atoms. The molecule has 0 amide bonds. The van der Waals surface area contributed by atoms with Gasteiger partial charge in [-0.05, 0) is 29.8 Å². The first kappa shape index (κ1) is 26.8. The molecule has 3 aromatic rings. The molecule has 0 unspecified atom stereocenters. The molecule has 0 aliphatic carbocycles. The third kappa shape index (κ3) is 7.35. The first-order chi connectivity index (χ1) is 16.8. The van der Waals surface area contributed by atoms with Crippen LogP contribution in [0.25, 0.3) is 0 Å². The summed E-state index contributed by atoms with van der Waals surface area (Å²) in [7, 11) is 1.47. The van der Waals surface area contributed by atoms with E-state index in [2.05, 4.69) is 9.72 Å². The second-order valence-corrected chi connectivity index (χ2v) is 8.90. The highest BCUT2D eigenvalue weighted by Crippen LogP contribution is 2.36. The maximum absolute atomic E-state index is 12.9. The number of halogens is 4. The molecule has 0 spiro atoms. The van der Waals surface area contributed by atoms with Crippen molar-refractivity contribution in [2.24, 2.45) is 0 Å². The highest BCUT2D eigenvalue weighted by atomic mass is 35.5. The molecular formula is C23H20Cl2F2NO6S+. The number of methoxy groups -OCH3 is 1. The third-order valence-electron chi connectivity index (χ3n) is 4.68. The molecule has 1 atom stereocenters. The van der Waals surface area contributed by atoms with E-state index in [-0.39, 0.29) is 36.0 Å². The number of ether oxygens (including phenoxy) is 4. The maximum Gasteiger partial charge on any atom is 0.387 e. The van der Waals surface area contributed by atoms with Crippen molar-refractivity contribution in [3.05, 3.63) is 73.7 Å². The Morgan fingerprint density at radius 1 is 1.11 bits per heavy atom. The number of thiophene rings is 1. The topological polar surface area (TPSA) is 85.2 Å². The third-order valence-corrected chi connectivity index (χ3v) is 6.35. The van der Waals surface area contributed by atoms with E-state index in [0.29, 0.717) is 32.3 Å². The fraction of sp³-hybridized carbons (Fsp3) is 0.261. The Morgan fingerprint density at radius 3 is 2.49 bits per heavy atom. The van der Waals surface area contributed by atoms with Crippen molar-refractivity contribution in [1.82, 2.24) is 0 Å². The van der Waals surface area contributed by atoms with Crippen LogP contribution in [0.4, 0.5) is 8.78 Å². The Hall–Kier alpha value is -2.79. The Kier molecular flexibility index (Phi) is 9.79. The minimum Gasteiger partial charge on any atom is -0.487 e. The molecule has 186 valence electrons. The normalized spacial score (nSPS) is 11.8. The van der Waals surface area contributed by atoms with Crippen LogP contribution >= 0.6 is 34.5 Å². The zero-order valence-corrected chi connectivity index (χ0v) is 20.6. The number of aromatic nitrogens is 1. The van der Waals surface area contributed by atoms with E-state index in [1.807, 2.05) is 0 Å². The summed E-state index contributed by atoms with van der Waals surface area (Å²) in [6.07, 6.45) is 2.81. The molecule has 0 aliphatic rings. The lowest BCUT2D eigenvalue weighted by Crippen LogP contribution is -2.15. The molecule has 0 radical (unpaired) electrons. The molecule has 2 heterocycles. The number of alkyl halides is 2. The molecule has 2 aromatic heterocycles. The Bertz CT molecular complexity index is 1160. The van der Waals surface area contributed by atoms with Crippen molar-refractivity contribution in [3.8, 4) is 11.5 Å². The van der Waals surface area contributed by atoms with E-state index >= 15 is 0 Å². The van der Waals surface area contributed by atoms with Gasteiger partial charge in [0.05, 0.1) is 11.5 Å². The van der Waals surface area contributed by atoms with Crippen LogP contribution in [0, 0.1) is 0 Å². The first-order valence-electron chi connectivity index (χ1n) is 10.1. The number of benzene rings is 1. The number of carbonyl (C=O) groups excluding carboxylic acids is 2. The van der Waals surface area contributed by atoms with Gasteiger partial charge in [-0.15, -0.1) is 11.3 Å². The minimum absolute atomic E-state index is 0.0128. The highest BCUT2D eigenvalue weighted by Gasteiger charge is 2.25. The second-order valence-electron chi connectivity index (χ2n) is 6.97. The van der Waals surface area contributed by atoms with Gasteiger partial charge in [0.15, 0.2) is 30.2 Å². The van der Waals surface area contributed by atoms with Crippen molar-refractivity contribution in [2.45, 2.75) is 19.1 Å². The summed E-state index contributed by atoms with van der Waals surface area (Å²) in [6.45, 7) is -2.79. The number of aldehydes is 1. The van der Waals surface area contributed by atoms with Gasteiger partial charge in [0.25, 0.3) is 0 Å². The van der Waals surface area contributed by atoms with Gasteiger partial charge in [-0.2, -0.15) is 8.78 Å². The number of carbonyl (C=O) groups is 2. The highest BCUT2D eigenvalue weighted by molar-refractivity contribution is 7.15. The molecule has 1 N–H and O–H groups in total. The molecule has 1 aromatic carbocycles. The summed E-state index contributed by atoms with van der Waals surface area (Å²) in [5.41, 5.74) is 0.916. The van der Waals surface area contributed by atoms with Crippen molar-refractivity contribution >= 4 is 46.8 Å². The fourth-order valence-corrected chi connectivity index (χ4v) is 4.30. The molecule has 3 rings (SSSR count). The van der Waals surface area contributed by atoms with E-state index in [9.17, 15) is 18.4 Å². The van der Waals surface area contributed by atoms with E-state index < -0.39 is 18.7 Å². The van der Waals surface area contributed by atoms with Crippen molar-refractivity contribution in [2.75, 3.05) is 20.3 Å². The van der Waals surface area contributed by atoms with E-state index in [1.165, 1.54) is 49.8 Å². The lowest BCUT2D eigenvalue weighted by atomic mass is 10.0. The molecule has 0 bridgehead atoms. The van der Waals surface area contributed by atoms with Crippen LogP contribution in [-0.4, -0.2) is 39.2 Å². The number of nitrogens with one attached hydrogen (secondary N) is 1. The van der Waals surface area contributed by atoms with Gasteiger partial charge in [-0.25, -0.2) is 9.78 Å². The summed E-state index contributed by atoms with van der Waals surface area (Å²) < 4.78 is 46.6. The standard InChI is InChI=1S/C23H19Cl2F2NO6S/c1-31-6-7-32-20-8-13(2-4-18(20)34-23(26)27)19(9-15-16(24)10-28-11-17(15)25)33-22(30)21-5-3-14(12-29)35-21/h2-5,8,10-12,19,23H,6-7,9H2,1H3/p+1/t19-/m0/s1. The lowest BCUT2D eigenvalue weighted by Gasteiger charge is -2.21. The molecule has 0 saturated heterocycles. The average Bonchev–Trinajstić information content (AvgIpc) is 3.31. The number of rotatable bonds is 12. The summed E-state index contributed by atoms with van der Waals surface area (Å²) in [4.78, 5) is 27.2. The number of aromatic amines is 1. The van der Waals surface area contributed by atoms with Crippen LogP contribution in [0.1, 0.15) is 36.6 Å². The largest absolute Gasteiger partial charge is 0.487 e. The maximum atomic E-state index is 12.9. The molecule has 12 heteroatoms. The van der Waals surface area contributed by atoms with Crippen LogP contribution in [-0.2, 0) is 15.9 Å². The molecule has 0 fully saturated rings. The van der Waals surface area contributed by atoms with E-state index in [1.54, 1.807) is 0 Å². The Morgan fingerprint density at radius 2 is 1.86 bits per heavy atom. The predicted molar refractivity (Wildman–Crippen MR) is 125 cm³/mol. The molecule has 0 saturated carbocycles. The first-order valence-corrected chi connectivity index (χ1v) is 11.7. The van der Waals surface area contributed by atoms with Gasteiger partial charge in [0.2, 0.25) is 0 Å². The van der Waals surface area contributed by atoms with Crippen molar-refractivity contribution < 1.29 is 42.3 Å². The summed E-state index contributed by atoms with van der Waals surface area (Å²) in [5, 5.41) is 0.624. The van der Waals surface area contributed by atoms with E-state index in [0.717, 1.165) is 11.3 Å². The van der Waals surface area contributed by atoms with Gasteiger partial charge < -0.3 is 18.9 Å². The zero-order chi connectivity index (χ0) is 25.4. The molecule has 0 aliphatic heterocycles. The number of H-pyrrole nitrogens is 1. The lowest BCUT2D eigenvalue weighted by molar-refractivity contribution is -0.377. The Balaban J connectivity index is 1.98. The number of hydrogen-bond donors (Lipinski definition) is 0. The van der Waals surface area contributed by atoms with Crippen molar-refractivity contribution in [3.63, 3.8) is 0 Å². The monoisotopic (exact) mass is 546 g/mol. The summed E-state index contributed by atoms with van der Waals surface area (Å²) in [6, 6.07) is 7.18. The number of pyridine rings is 1. The van der Waals surface area contributed by atoms with Crippen LogP contribution < -0.4 is 14.5 Å². The van der Waals surface area contributed by atoms with Gasteiger partial charge in [0.1, 0.15) is 27.6 Å². The molecular weight excluding hydrogens is 527 g/mol. The van der Waals surface area contributed by atoms with Gasteiger partial charge in [0, 0.05) is 19.1 Å². The molecule has 7 nitrogen and oxygen atoms in total. The Labute approximate surface area is 213 Å². The summed E-state index contributed by atoms with van der Waals surface area (Å²) in [5.74, 6) is -0.861. The minimum atomic E-state index is -3.07. The van der Waals surface area contributed by atoms with Crippen LogP contribution in [0.15, 0.2) is 42.7 Å². The fourth-order valence-electron chi connectivity index (χ4n) is 3.06. The average molecular weight is 547 g/mol. The number of esters is 1. The quantitative estimate of drug-likeness (QED) is 0.170. The van der Waals surface area contributed by atoms with Crippen LogP contribution in [0.5, 0.6) is 11.5 Å². The van der Waals surface area contributed by atoms with Gasteiger partial charge >= 0.3 is 12.6 Å². The SMILES string of the molecule is COCCOc1cc([C@H](Cc2c(Cl)c[nH+]cc2Cl)OC(=O)c2ccc(C=O)s2)ccc1OC(F)F. The van der Waals surface area contributed by atoms with Gasteiger partial charge in [-0.3, -0.25) is 4.79 Å². The zero-order valence-electron chi connectivity index (χ0n) is 18.3. The number of hydrogen-bond acceptors (Lipinski definition) is 7. The van der Waals surface area contributed by atoms with E-state index in [4.69, 9.17) is 37.4 Å². The van der Waals surface area contributed by atoms with Crippen molar-refractivity contribution in [1.29, 1.82) is 0 Å². The smallest absolute Gasteiger partial charge is 0.387 e. The van der Waals surface area contributed by atoms with Crippen LogP contribution in [0.2, 0.25) is 10.0 Å². The second kappa shape index (κ2) is 12.8.